The van der Waals surface area contributed by atoms with Gasteiger partial charge in [-0.15, -0.1) is 0 Å². The molecule has 0 aromatic rings. The third-order valence-corrected chi connectivity index (χ3v) is 3.24. The second-order valence-electron chi connectivity index (χ2n) is 4.70. The van der Waals surface area contributed by atoms with Gasteiger partial charge in [0.05, 0.1) is 0 Å². The monoisotopic (exact) mass is 217 g/mol. The van der Waals surface area contributed by atoms with Gasteiger partial charge >= 0.3 is 0 Å². The van der Waals surface area contributed by atoms with E-state index in [1.165, 1.54) is 29.6 Å². The molecule has 1 heteroatoms. The Morgan fingerprint density at radius 3 is 2.69 bits per heavy atom. The van der Waals surface area contributed by atoms with E-state index in [0.717, 1.165) is 24.8 Å². The molecule has 0 atom stereocenters. The van der Waals surface area contributed by atoms with Crippen LogP contribution in [0, 0.1) is 5.41 Å². The van der Waals surface area contributed by atoms with Gasteiger partial charge in [0, 0.05) is 5.71 Å². The minimum atomic E-state index is 0.679. The molecular formula is C15H23N. The Bertz CT molecular complexity index is 356. The van der Waals surface area contributed by atoms with Crippen molar-refractivity contribution in [3.8, 4) is 0 Å². The summed E-state index contributed by atoms with van der Waals surface area (Å²) in [6, 6.07) is 0. The van der Waals surface area contributed by atoms with Crippen molar-refractivity contribution in [3.63, 3.8) is 0 Å². The van der Waals surface area contributed by atoms with Crippen molar-refractivity contribution in [3.05, 3.63) is 34.9 Å². The predicted octanol–water partition coefficient (Wildman–Crippen LogP) is 4.81. The van der Waals surface area contributed by atoms with Gasteiger partial charge in [-0.2, -0.15) is 0 Å². The van der Waals surface area contributed by atoms with Crippen LogP contribution in [0.15, 0.2) is 34.9 Å². The fourth-order valence-electron chi connectivity index (χ4n) is 2.08. The number of hydrogen-bond acceptors (Lipinski definition) is 1. The summed E-state index contributed by atoms with van der Waals surface area (Å²) in [4.78, 5) is 0. The van der Waals surface area contributed by atoms with Gasteiger partial charge in [0.15, 0.2) is 0 Å². The molecule has 1 rings (SSSR count). The molecular weight excluding hydrogens is 194 g/mol. The molecule has 1 nitrogen and oxygen atoms in total. The van der Waals surface area contributed by atoms with Gasteiger partial charge < -0.3 is 5.41 Å². The van der Waals surface area contributed by atoms with Crippen LogP contribution in [0.4, 0.5) is 0 Å². The second-order valence-corrected chi connectivity index (χ2v) is 4.70. The number of allylic oxidation sites excluding steroid dienone is 5. The van der Waals surface area contributed by atoms with Gasteiger partial charge in [0.1, 0.15) is 0 Å². The van der Waals surface area contributed by atoms with Crippen molar-refractivity contribution < 1.29 is 0 Å². The van der Waals surface area contributed by atoms with Crippen LogP contribution in [0.1, 0.15) is 52.9 Å². The van der Waals surface area contributed by atoms with E-state index in [4.69, 9.17) is 5.41 Å². The molecule has 16 heavy (non-hydrogen) atoms. The molecule has 0 heterocycles. The molecule has 0 amide bonds. The fourth-order valence-corrected chi connectivity index (χ4v) is 2.08. The summed E-state index contributed by atoms with van der Waals surface area (Å²) in [7, 11) is 0. The fraction of sp³-hybridized carbons (Fsp3) is 0.533. The van der Waals surface area contributed by atoms with Crippen molar-refractivity contribution in [2.45, 2.75) is 52.9 Å². The van der Waals surface area contributed by atoms with Gasteiger partial charge in [-0.05, 0) is 56.8 Å². The Hall–Kier alpha value is -1.11. The second kappa shape index (κ2) is 5.83. The Kier molecular flexibility index (Phi) is 4.72. The molecule has 88 valence electrons. The SMILES string of the molecule is C=C(CCCC)C1=CC(C(C)=N)=C(C)CC1. The van der Waals surface area contributed by atoms with Crippen LogP contribution in [-0.2, 0) is 0 Å². The zero-order valence-electron chi connectivity index (χ0n) is 10.8. The minimum absolute atomic E-state index is 0.679. The maximum absolute atomic E-state index is 7.76. The number of hydrogen-bond donors (Lipinski definition) is 1. The quantitative estimate of drug-likeness (QED) is 0.639. The van der Waals surface area contributed by atoms with Crippen LogP contribution >= 0.6 is 0 Å². The van der Waals surface area contributed by atoms with Crippen LogP contribution in [0.5, 0.6) is 0 Å². The van der Waals surface area contributed by atoms with Crippen LogP contribution in [0.3, 0.4) is 0 Å². The predicted molar refractivity (Wildman–Crippen MR) is 72.1 cm³/mol. The Labute approximate surface area is 99.5 Å². The van der Waals surface area contributed by atoms with Crippen molar-refractivity contribution in [1.82, 2.24) is 0 Å². The van der Waals surface area contributed by atoms with Gasteiger partial charge in [0.2, 0.25) is 0 Å². The third kappa shape index (κ3) is 3.19. The van der Waals surface area contributed by atoms with Crippen LogP contribution in [0.25, 0.3) is 0 Å². The van der Waals surface area contributed by atoms with E-state index in [9.17, 15) is 0 Å². The Morgan fingerprint density at radius 1 is 1.44 bits per heavy atom. The maximum Gasteiger partial charge on any atom is 0.0354 e. The lowest BCUT2D eigenvalue weighted by atomic mass is 9.87. The van der Waals surface area contributed by atoms with E-state index in [-0.39, 0.29) is 0 Å². The smallest absolute Gasteiger partial charge is 0.0354 e. The zero-order chi connectivity index (χ0) is 12.1. The topological polar surface area (TPSA) is 23.9 Å². The summed E-state index contributed by atoms with van der Waals surface area (Å²) in [5.41, 5.74) is 5.78. The maximum atomic E-state index is 7.76. The summed E-state index contributed by atoms with van der Waals surface area (Å²) in [6.07, 6.45) is 7.91. The molecule has 0 saturated heterocycles. The third-order valence-electron chi connectivity index (χ3n) is 3.24. The van der Waals surface area contributed by atoms with Crippen molar-refractivity contribution in [1.29, 1.82) is 5.41 Å². The zero-order valence-corrected chi connectivity index (χ0v) is 10.8. The number of nitrogens with one attached hydrogen (secondary N) is 1. The summed E-state index contributed by atoms with van der Waals surface area (Å²) < 4.78 is 0. The first-order chi connectivity index (χ1) is 7.56. The molecule has 0 unspecified atom stereocenters. The van der Waals surface area contributed by atoms with E-state index in [0.29, 0.717) is 5.71 Å². The standard InChI is InChI=1S/C15H23N/c1-5-6-7-11(2)14-9-8-12(3)15(10-14)13(4)16/h10,16H,2,5-9H2,1,3-4H3. The van der Waals surface area contributed by atoms with Crippen LogP contribution in [0.2, 0.25) is 0 Å². The summed E-state index contributed by atoms with van der Waals surface area (Å²) in [6.45, 7) is 10.4. The highest BCUT2D eigenvalue weighted by molar-refractivity contribution is 5.99. The highest BCUT2D eigenvalue weighted by atomic mass is 14.4. The lowest BCUT2D eigenvalue weighted by Gasteiger charge is -2.19. The summed E-state index contributed by atoms with van der Waals surface area (Å²) >= 11 is 0. The van der Waals surface area contributed by atoms with Crippen molar-refractivity contribution >= 4 is 5.71 Å². The molecule has 1 aliphatic rings. The first kappa shape index (κ1) is 13.0. The lowest BCUT2D eigenvalue weighted by Crippen LogP contribution is -2.05. The Balaban J connectivity index is 2.80. The average Bonchev–Trinajstić information content (AvgIpc) is 2.26. The molecule has 0 spiro atoms. The highest BCUT2D eigenvalue weighted by Crippen LogP contribution is 2.29. The van der Waals surface area contributed by atoms with Crippen LogP contribution < -0.4 is 0 Å². The van der Waals surface area contributed by atoms with E-state index in [2.05, 4.69) is 26.5 Å². The molecule has 1 N–H and O–H groups in total. The molecule has 1 aliphatic carbocycles. The molecule has 0 saturated carbocycles. The molecule has 0 radical (unpaired) electrons. The summed E-state index contributed by atoms with van der Waals surface area (Å²) in [5, 5.41) is 7.76. The van der Waals surface area contributed by atoms with Gasteiger partial charge in [0.25, 0.3) is 0 Å². The normalized spacial score (nSPS) is 16.1. The van der Waals surface area contributed by atoms with Crippen molar-refractivity contribution in [2.75, 3.05) is 0 Å². The van der Waals surface area contributed by atoms with E-state index in [1.54, 1.807) is 0 Å². The molecule has 0 aromatic carbocycles. The molecule has 0 aliphatic heterocycles. The lowest BCUT2D eigenvalue weighted by molar-refractivity contribution is 0.777. The van der Waals surface area contributed by atoms with E-state index >= 15 is 0 Å². The van der Waals surface area contributed by atoms with Gasteiger partial charge in [-0.25, -0.2) is 0 Å². The number of unbranched alkanes of at least 4 members (excludes halogenated alkanes) is 1. The molecule has 0 fully saturated rings. The van der Waals surface area contributed by atoms with E-state index < -0.39 is 0 Å². The first-order valence-electron chi connectivity index (χ1n) is 6.20. The molecule has 0 bridgehead atoms. The van der Waals surface area contributed by atoms with Crippen LogP contribution in [-0.4, -0.2) is 5.71 Å². The number of rotatable bonds is 5. The summed E-state index contributed by atoms with van der Waals surface area (Å²) in [5.74, 6) is 0. The Morgan fingerprint density at radius 2 is 2.12 bits per heavy atom. The van der Waals surface area contributed by atoms with Crippen molar-refractivity contribution in [2.24, 2.45) is 0 Å². The molecule has 0 aromatic heterocycles. The first-order valence-corrected chi connectivity index (χ1v) is 6.20. The largest absolute Gasteiger partial charge is 0.305 e. The van der Waals surface area contributed by atoms with Gasteiger partial charge in [-0.3, -0.25) is 0 Å². The van der Waals surface area contributed by atoms with E-state index in [1.807, 2.05) is 6.92 Å². The highest BCUT2D eigenvalue weighted by Gasteiger charge is 2.13. The van der Waals surface area contributed by atoms with Gasteiger partial charge in [-0.1, -0.05) is 31.1 Å². The minimum Gasteiger partial charge on any atom is -0.305 e. The average molecular weight is 217 g/mol.